The van der Waals surface area contributed by atoms with E-state index in [4.69, 9.17) is 23.2 Å². The summed E-state index contributed by atoms with van der Waals surface area (Å²) in [6.07, 6.45) is 1.14. The zero-order valence-corrected chi connectivity index (χ0v) is 25.5. The summed E-state index contributed by atoms with van der Waals surface area (Å²) in [5.74, 6) is -2.50. The quantitative estimate of drug-likeness (QED) is 0.298. The van der Waals surface area contributed by atoms with Crippen molar-refractivity contribution in [2.75, 3.05) is 13.1 Å². The Morgan fingerprint density at radius 2 is 1.62 bits per heavy atom. The second-order valence-corrected chi connectivity index (χ2v) is 13.3. The van der Waals surface area contributed by atoms with Gasteiger partial charge in [-0.05, 0) is 75.5 Å². The van der Waals surface area contributed by atoms with Crippen LogP contribution >= 0.6 is 23.2 Å². The number of hydrogen-bond donors (Lipinski definition) is 1. The maximum absolute atomic E-state index is 14.6. The first kappa shape index (κ1) is 32.3. The summed E-state index contributed by atoms with van der Waals surface area (Å²) in [7, 11) is 0. The number of carboxylic acid groups (broad SMARTS) is 1. The molecule has 2 aliphatic carbocycles. The van der Waals surface area contributed by atoms with E-state index in [0.29, 0.717) is 0 Å². The van der Waals surface area contributed by atoms with Crippen molar-refractivity contribution < 1.29 is 32.7 Å². The highest BCUT2D eigenvalue weighted by Crippen LogP contribution is 2.44. The Hall–Kier alpha value is -2.59. The van der Waals surface area contributed by atoms with E-state index in [0.717, 1.165) is 48.5 Å². The predicted molar refractivity (Wildman–Crippen MR) is 153 cm³/mol. The first-order valence-corrected chi connectivity index (χ1v) is 15.0. The highest BCUT2D eigenvalue weighted by molar-refractivity contribution is 6.40. The smallest absolute Gasteiger partial charge is 0.433 e. The van der Waals surface area contributed by atoms with Gasteiger partial charge in [0, 0.05) is 6.54 Å². The molecule has 2 aliphatic rings. The number of benzene rings is 1. The van der Waals surface area contributed by atoms with Crippen LogP contribution in [0, 0.1) is 17.8 Å². The molecule has 0 atom stereocenters. The normalized spacial score (nSPS) is 22.5. The van der Waals surface area contributed by atoms with Gasteiger partial charge >= 0.3 is 12.1 Å². The topological polar surface area (TPSA) is 92.5 Å². The van der Waals surface area contributed by atoms with Crippen LogP contribution in [-0.4, -0.2) is 50.5 Å². The lowest BCUT2D eigenvalue weighted by molar-refractivity contribution is -0.152. The fourth-order valence-electron chi connectivity index (χ4n) is 6.39. The minimum absolute atomic E-state index is 0.0194. The van der Waals surface area contributed by atoms with E-state index in [-0.39, 0.29) is 53.3 Å². The Morgan fingerprint density at radius 1 is 1.05 bits per heavy atom. The molecule has 7 nitrogen and oxygen atoms in total. The molecule has 0 unspecified atom stereocenters. The van der Waals surface area contributed by atoms with Crippen LogP contribution in [0.5, 0.6) is 0 Å². The Kier molecular flexibility index (Phi) is 9.38. The van der Waals surface area contributed by atoms with Crippen molar-refractivity contribution >= 4 is 40.9 Å². The van der Waals surface area contributed by atoms with Crippen molar-refractivity contribution in [3.05, 3.63) is 50.8 Å². The molecule has 230 valence electrons. The summed E-state index contributed by atoms with van der Waals surface area (Å²) < 4.78 is 44.6. The standard InChI is InChI=1S/C30H36Cl2F3N3O4/c1-18-13-21(31)24(22(32)14-18)23(39)16-37(17-28(2)9-5-4-6-10-28)26(40)20-15-36-38(25(20)30(33,34)35)19-7-11-29(3,12-8-19)27(41)42/h13-15,19H,4-12,16-17H2,1-3H3,(H,41,42). The van der Waals surface area contributed by atoms with Gasteiger partial charge in [-0.25, -0.2) is 0 Å². The van der Waals surface area contributed by atoms with Crippen LogP contribution in [0.4, 0.5) is 13.2 Å². The number of aliphatic carboxylic acids is 1. The predicted octanol–water partition coefficient (Wildman–Crippen LogP) is 8.02. The van der Waals surface area contributed by atoms with Crippen molar-refractivity contribution in [1.82, 2.24) is 14.7 Å². The van der Waals surface area contributed by atoms with Crippen LogP contribution in [0.1, 0.15) is 110 Å². The van der Waals surface area contributed by atoms with Crippen molar-refractivity contribution in [3.63, 3.8) is 0 Å². The van der Waals surface area contributed by atoms with E-state index in [1.165, 1.54) is 4.90 Å². The second kappa shape index (κ2) is 12.2. The number of Topliss-reactive ketones (excluding diaryl/α,β-unsaturated/α-hetero) is 1. The number of alkyl halides is 3. The number of aryl methyl sites for hydroxylation is 1. The summed E-state index contributed by atoms with van der Waals surface area (Å²) in [4.78, 5) is 40.3. The average Bonchev–Trinajstić information content (AvgIpc) is 3.34. The molecule has 1 aromatic heterocycles. The average molecular weight is 631 g/mol. The largest absolute Gasteiger partial charge is 0.481 e. The van der Waals surface area contributed by atoms with Crippen LogP contribution in [-0.2, 0) is 11.0 Å². The van der Waals surface area contributed by atoms with Gasteiger partial charge in [0.25, 0.3) is 5.91 Å². The summed E-state index contributed by atoms with van der Waals surface area (Å²) in [6.45, 7) is 4.91. The van der Waals surface area contributed by atoms with Crippen molar-refractivity contribution in [2.45, 2.75) is 90.8 Å². The highest BCUT2D eigenvalue weighted by atomic mass is 35.5. The van der Waals surface area contributed by atoms with Crippen LogP contribution in [0.2, 0.25) is 10.0 Å². The van der Waals surface area contributed by atoms with E-state index >= 15 is 0 Å². The third kappa shape index (κ3) is 6.80. The summed E-state index contributed by atoms with van der Waals surface area (Å²) in [5.41, 5.74) is -2.47. The minimum Gasteiger partial charge on any atom is -0.481 e. The number of carbonyl (C=O) groups is 3. The number of amides is 1. The van der Waals surface area contributed by atoms with Crippen molar-refractivity contribution in [2.24, 2.45) is 10.8 Å². The van der Waals surface area contributed by atoms with Crippen molar-refractivity contribution in [1.29, 1.82) is 0 Å². The Labute approximate surface area is 253 Å². The van der Waals surface area contributed by atoms with Gasteiger partial charge < -0.3 is 10.0 Å². The molecule has 1 aromatic carbocycles. The van der Waals surface area contributed by atoms with Crippen LogP contribution in [0.15, 0.2) is 18.3 Å². The number of rotatable bonds is 8. The SMILES string of the molecule is Cc1cc(Cl)c(C(=O)CN(CC2(C)CCCCC2)C(=O)c2cnn(C3CCC(C)(C(=O)O)CC3)c2C(F)(F)F)c(Cl)c1. The number of hydrogen-bond acceptors (Lipinski definition) is 4. The lowest BCUT2D eigenvalue weighted by Crippen LogP contribution is -2.44. The highest BCUT2D eigenvalue weighted by Gasteiger charge is 2.45. The molecule has 1 heterocycles. The van der Waals surface area contributed by atoms with Gasteiger partial charge in [-0.2, -0.15) is 18.3 Å². The molecule has 1 N–H and O–H groups in total. The molecule has 2 fully saturated rings. The van der Waals surface area contributed by atoms with E-state index in [2.05, 4.69) is 5.10 Å². The molecule has 0 radical (unpaired) electrons. The lowest BCUT2D eigenvalue weighted by Gasteiger charge is -2.38. The fraction of sp³-hybridized carbons (Fsp3) is 0.600. The number of carboxylic acids is 1. The Balaban J connectivity index is 1.70. The Bertz CT molecular complexity index is 1340. The van der Waals surface area contributed by atoms with Gasteiger partial charge in [0.15, 0.2) is 11.5 Å². The molecule has 0 aliphatic heterocycles. The molecule has 12 heteroatoms. The summed E-state index contributed by atoms with van der Waals surface area (Å²) in [6, 6.07) is 2.42. The number of nitrogens with zero attached hydrogens (tertiary/aromatic N) is 3. The molecule has 1 amide bonds. The van der Waals surface area contributed by atoms with Gasteiger partial charge in [-0.3, -0.25) is 19.1 Å². The van der Waals surface area contributed by atoms with Gasteiger partial charge in [-0.15, -0.1) is 0 Å². The van der Waals surface area contributed by atoms with E-state index in [1.54, 1.807) is 26.0 Å². The molecule has 2 aromatic rings. The van der Waals surface area contributed by atoms with Crippen LogP contribution in [0.25, 0.3) is 0 Å². The molecule has 42 heavy (non-hydrogen) atoms. The number of carbonyl (C=O) groups excluding carboxylic acids is 2. The molecule has 4 rings (SSSR count). The van der Waals surface area contributed by atoms with Gasteiger partial charge in [-0.1, -0.05) is 49.4 Å². The molecule has 2 saturated carbocycles. The molecule has 0 bridgehead atoms. The van der Waals surface area contributed by atoms with Crippen molar-refractivity contribution in [3.8, 4) is 0 Å². The summed E-state index contributed by atoms with van der Waals surface area (Å²) >= 11 is 12.7. The van der Waals surface area contributed by atoms with Crippen LogP contribution < -0.4 is 0 Å². The number of halogens is 5. The van der Waals surface area contributed by atoms with E-state index < -0.39 is 53.1 Å². The van der Waals surface area contributed by atoms with Gasteiger partial charge in [0.05, 0.1) is 45.4 Å². The van der Waals surface area contributed by atoms with Gasteiger partial charge in [0.1, 0.15) is 0 Å². The van der Waals surface area contributed by atoms with Crippen LogP contribution in [0.3, 0.4) is 0 Å². The maximum Gasteiger partial charge on any atom is 0.433 e. The van der Waals surface area contributed by atoms with E-state index in [9.17, 15) is 32.7 Å². The molecular formula is C30H36Cl2F3N3O4. The Morgan fingerprint density at radius 3 is 2.14 bits per heavy atom. The first-order chi connectivity index (χ1) is 19.5. The third-order valence-electron chi connectivity index (χ3n) is 8.94. The zero-order chi connectivity index (χ0) is 31.0. The number of ketones is 1. The third-order valence-corrected chi connectivity index (χ3v) is 9.53. The second-order valence-electron chi connectivity index (χ2n) is 12.5. The van der Waals surface area contributed by atoms with Gasteiger partial charge in [0.2, 0.25) is 0 Å². The monoisotopic (exact) mass is 629 g/mol. The lowest BCUT2D eigenvalue weighted by atomic mass is 9.74. The molecule has 0 saturated heterocycles. The van der Waals surface area contributed by atoms with E-state index in [1.807, 2.05) is 6.92 Å². The number of aromatic nitrogens is 2. The zero-order valence-electron chi connectivity index (χ0n) is 24.0. The maximum atomic E-state index is 14.6. The first-order valence-electron chi connectivity index (χ1n) is 14.2. The minimum atomic E-state index is -4.91. The fourth-order valence-corrected chi connectivity index (χ4v) is 7.20. The summed E-state index contributed by atoms with van der Waals surface area (Å²) in [5, 5.41) is 13.8. The molecular weight excluding hydrogens is 594 g/mol. The molecule has 0 spiro atoms.